The molecule has 200 valence electrons. The van der Waals surface area contributed by atoms with Gasteiger partial charge in [-0.15, -0.1) is 0 Å². The fraction of sp³-hybridized carbons (Fsp3) is 0.143. The van der Waals surface area contributed by atoms with E-state index in [1.807, 2.05) is 0 Å². The van der Waals surface area contributed by atoms with Gasteiger partial charge in [0.2, 0.25) is 0 Å². The average Bonchev–Trinajstić information content (AvgIpc) is 3.38. The maximum absolute atomic E-state index is 14.6. The van der Waals surface area contributed by atoms with Crippen molar-refractivity contribution in [3.8, 4) is 17.1 Å². The number of para-hydroxylation sites is 3. The van der Waals surface area contributed by atoms with E-state index in [0.29, 0.717) is 16.9 Å². The first-order valence-electron chi connectivity index (χ1n) is 12.6. The van der Waals surface area contributed by atoms with Crippen LogP contribution in [0.1, 0.15) is 17.6 Å². The summed E-state index contributed by atoms with van der Waals surface area (Å²) in [5.74, 6) is -1.57. The first-order chi connectivity index (χ1) is 19.4. The van der Waals surface area contributed by atoms with E-state index in [9.17, 15) is 28.7 Å². The van der Waals surface area contributed by atoms with Crippen molar-refractivity contribution in [3.05, 3.63) is 144 Å². The number of hydrogen-bond donors (Lipinski definition) is 1. The second kappa shape index (κ2) is 8.56. The second-order valence-electron chi connectivity index (χ2n) is 9.63. The van der Waals surface area contributed by atoms with Crippen molar-refractivity contribution < 1.29 is 9.50 Å². The third-order valence-electron chi connectivity index (χ3n) is 7.55. The largest absolute Gasteiger partial charge is 0.505 e. The van der Waals surface area contributed by atoms with Gasteiger partial charge in [0.05, 0.1) is 30.5 Å². The number of rotatable bonds is 3. The Bertz CT molecular complexity index is 2080. The third-order valence-corrected chi connectivity index (χ3v) is 7.55. The van der Waals surface area contributed by atoms with Gasteiger partial charge in [0, 0.05) is 5.56 Å². The van der Waals surface area contributed by atoms with Gasteiger partial charge in [-0.1, -0.05) is 54.6 Å². The molecule has 1 N–H and O–H groups in total. The zero-order chi connectivity index (χ0) is 27.7. The molecule has 2 unspecified atom stereocenters. The fourth-order valence-electron chi connectivity index (χ4n) is 5.78. The summed E-state index contributed by atoms with van der Waals surface area (Å²) >= 11 is 0. The number of aromatic hydroxyl groups is 1. The summed E-state index contributed by atoms with van der Waals surface area (Å²) in [6, 6.07) is 18.7. The number of nitrogens with zero attached hydrogens (tertiary/aromatic N) is 6. The summed E-state index contributed by atoms with van der Waals surface area (Å²) in [4.78, 5) is 54.7. The molecule has 40 heavy (non-hydrogen) atoms. The van der Waals surface area contributed by atoms with E-state index < -0.39 is 46.4 Å². The first kappa shape index (κ1) is 23.7. The van der Waals surface area contributed by atoms with E-state index in [2.05, 4.69) is 0 Å². The number of allylic oxidation sites excluding steroid dienone is 2. The molecule has 2 atom stereocenters. The Morgan fingerprint density at radius 3 is 1.88 bits per heavy atom. The maximum atomic E-state index is 14.6. The van der Waals surface area contributed by atoms with Crippen LogP contribution in [0, 0.1) is 5.82 Å². The zero-order valence-electron chi connectivity index (χ0n) is 20.8. The van der Waals surface area contributed by atoms with Crippen LogP contribution >= 0.6 is 0 Å². The monoisotopic (exact) mass is 540 g/mol. The summed E-state index contributed by atoms with van der Waals surface area (Å²) in [6.07, 6.45) is 1.69. The lowest BCUT2D eigenvalue weighted by Gasteiger charge is -2.37. The minimum Gasteiger partial charge on any atom is -0.505 e. The van der Waals surface area contributed by atoms with Crippen molar-refractivity contribution in [1.29, 1.82) is 0 Å². The molecule has 2 aliphatic rings. The second-order valence-corrected chi connectivity index (χ2v) is 9.63. The van der Waals surface area contributed by atoms with E-state index in [0.717, 1.165) is 15.2 Å². The van der Waals surface area contributed by atoms with Gasteiger partial charge in [-0.2, -0.15) is 0 Å². The van der Waals surface area contributed by atoms with Crippen LogP contribution in [0.2, 0.25) is 0 Å². The molecular weight excluding hydrogens is 519 g/mol. The zero-order valence-corrected chi connectivity index (χ0v) is 20.8. The summed E-state index contributed by atoms with van der Waals surface area (Å²) in [5, 5.41) is 10.8. The molecule has 7 rings (SSSR count). The molecule has 0 spiro atoms. The van der Waals surface area contributed by atoms with Gasteiger partial charge in [0.15, 0.2) is 11.6 Å². The molecule has 0 fully saturated rings. The predicted molar refractivity (Wildman–Crippen MR) is 142 cm³/mol. The van der Waals surface area contributed by atoms with E-state index in [1.165, 1.54) is 30.9 Å². The van der Waals surface area contributed by atoms with Gasteiger partial charge in [0.25, 0.3) is 0 Å². The number of phenols is 1. The van der Waals surface area contributed by atoms with Crippen molar-refractivity contribution in [1.82, 2.24) is 27.9 Å². The average molecular weight is 541 g/mol. The van der Waals surface area contributed by atoms with E-state index in [4.69, 9.17) is 0 Å². The molecule has 0 saturated heterocycles. The van der Waals surface area contributed by atoms with Gasteiger partial charge in [-0.05, 0) is 35.9 Å². The summed E-state index contributed by atoms with van der Waals surface area (Å²) in [5.41, 5.74) is -1.33. The first-order valence-corrected chi connectivity index (χ1v) is 12.6. The molecule has 0 aliphatic carbocycles. The van der Waals surface area contributed by atoms with E-state index >= 15 is 0 Å². The summed E-state index contributed by atoms with van der Waals surface area (Å²) in [7, 11) is 0. The standard InChI is InChI=1S/C28H21FN6O5/c29-21-13-7-12-20(24(21)36)23-19-14-15-30-25(37)32(17-8-3-1-4-9-17)27(39)34(30)22(19)16-31-26(38)33(28(40)35(23)31)18-10-5-2-6-11-18/h1-14,22-23,36H,15-16H2. The van der Waals surface area contributed by atoms with Crippen LogP contribution in [-0.4, -0.2) is 33.0 Å². The molecular formula is C28H21FN6O5. The Kier molecular flexibility index (Phi) is 5.07. The number of fused-ring (bicyclic) bond motifs is 4. The van der Waals surface area contributed by atoms with Crippen LogP contribution in [0.25, 0.3) is 11.4 Å². The van der Waals surface area contributed by atoms with Crippen molar-refractivity contribution in [3.63, 3.8) is 0 Å². The van der Waals surface area contributed by atoms with Gasteiger partial charge in [0.1, 0.15) is 6.04 Å². The summed E-state index contributed by atoms with van der Waals surface area (Å²) < 4.78 is 21.5. The van der Waals surface area contributed by atoms with Crippen LogP contribution < -0.4 is 22.8 Å². The van der Waals surface area contributed by atoms with Crippen molar-refractivity contribution in [2.24, 2.45) is 0 Å². The lowest BCUT2D eigenvalue weighted by atomic mass is 9.89. The molecule has 4 heterocycles. The molecule has 12 heteroatoms. The fourth-order valence-corrected chi connectivity index (χ4v) is 5.78. The SMILES string of the molecule is O=c1n(-c2ccccc2)c(=O)n2n1CC=C1C2Cn2c(=O)n(-c3ccccc3)c(=O)n2C1c1cccc(F)c1O. The molecule has 5 aromatic rings. The quantitative estimate of drug-likeness (QED) is 0.349. The number of aromatic nitrogens is 6. The number of halogens is 1. The number of phenolic OH excluding ortho intramolecular Hbond substituents is 1. The normalized spacial score (nSPS) is 17.6. The van der Waals surface area contributed by atoms with Crippen LogP contribution in [-0.2, 0) is 13.1 Å². The van der Waals surface area contributed by atoms with Gasteiger partial charge in [-0.3, -0.25) is 0 Å². The molecule has 0 bridgehead atoms. The highest BCUT2D eigenvalue weighted by Crippen LogP contribution is 2.41. The molecule has 11 nitrogen and oxygen atoms in total. The lowest BCUT2D eigenvalue weighted by Crippen LogP contribution is -2.47. The van der Waals surface area contributed by atoms with E-state index in [-0.39, 0.29) is 18.7 Å². The molecule has 0 radical (unpaired) electrons. The molecule has 3 aromatic carbocycles. The van der Waals surface area contributed by atoms with Crippen molar-refractivity contribution in [2.45, 2.75) is 25.2 Å². The lowest BCUT2D eigenvalue weighted by molar-refractivity contribution is 0.243. The van der Waals surface area contributed by atoms with Gasteiger partial charge < -0.3 is 5.11 Å². The smallest absolute Gasteiger partial charge is 0.352 e. The highest BCUT2D eigenvalue weighted by molar-refractivity contribution is 5.43. The maximum Gasteiger partial charge on any atom is 0.352 e. The molecule has 0 saturated carbocycles. The Hall–Kier alpha value is -5.39. The minimum atomic E-state index is -1.13. The van der Waals surface area contributed by atoms with Gasteiger partial charge >= 0.3 is 22.8 Å². The third kappa shape index (κ3) is 3.16. The molecule has 0 amide bonds. The Morgan fingerprint density at radius 1 is 0.675 bits per heavy atom. The van der Waals surface area contributed by atoms with Crippen molar-refractivity contribution in [2.75, 3.05) is 0 Å². The molecule has 2 aromatic heterocycles. The number of benzene rings is 3. The summed E-state index contributed by atoms with van der Waals surface area (Å²) in [6.45, 7) is -0.158. The van der Waals surface area contributed by atoms with Crippen molar-refractivity contribution >= 4 is 0 Å². The van der Waals surface area contributed by atoms with Gasteiger partial charge in [-0.25, -0.2) is 51.4 Å². The Balaban J connectivity index is 1.52. The minimum absolute atomic E-state index is 0.00923. The van der Waals surface area contributed by atoms with E-state index in [1.54, 1.807) is 66.7 Å². The highest BCUT2D eigenvalue weighted by atomic mass is 19.1. The number of hydrogen-bond acceptors (Lipinski definition) is 5. The Morgan fingerprint density at radius 2 is 1.25 bits per heavy atom. The van der Waals surface area contributed by atoms with Crippen LogP contribution in [0.15, 0.2) is 110 Å². The molecule has 2 aliphatic heterocycles. The topological polar surface area (TPSA) is 118 Å². The highest BCUT2D eigenvalue weighted by Gasteiger charge is 2.42. The van der Waals surface area contributed by atoms with Crippen LogP contribution in [0.3, 0.4) is 0 Å². The van der Waals surface area contributed by atoms with Crippen LogP contribution in [0.5, 0.6) is 5.75 Å². The van der Waals surface area contributed by atoms with Crippen LogP contribution in [0.4, 0.5) is 4.39 Å². The Labute approximate surface area is 223 Å². The predicted octanol–water partition coefficient (Wildman–Crippen LogP) is 1.54.